The van der Waals surface area contributed by atoms with Crippen molar-refractivity contribution < 1.29 is 4.79 Å². The van der Waals surface area contributed by atoms with Crippen molar-refractivity contribution in [2.75, 3.05) is 5.88 Å². The van der Waals surface area contributed by atoms with Gasteiger partial charge in [-0.2, -0.15) is 0 Å². The molecule has 0 fully saturated rings. The van der Waals surface area contributed by atoms with Crippen LogP contribution < -0.4 is 0 Å². The predicted octanol–water partition coefficient (Wildman–Crippen LogP) is 4.24. The Morgan fingerprint density at radius 2 is 1.26 bits per heavy atom. The summed E-state index contributed by atoms with van der Waals surface area (Å²) in [5.74, 6) is -0.194. The molecule has 2 aromatic carbocycles. The third-order valence-corrected chi connectivity index (χ3v) is 3.54. The topological polar surface area (TPSA) is 17.1 Å². The van der Waals surface area contributed by atoms with Crippen molar-refractivity contribution in [2.24, 2.45) is 0 Å². The number of alkyl halides is 1. The number of hydrogen-bond donors (Lipinski definition) is 0. The molecule has 0 atom stereocenters. The number of carbonyl (C=O) groups is 1. The van der Waals surface area contributed by atoms with Crippen molar-refractivity contribution in [1.82, 2.24) is 0 Å². The van der Waals surface area contributed by atoms with Crippen molar-refractivity contribution in [1.29, 1.82) is 0 Å². The molecule has 0 amide bonds. The second kappa shape index (κ2) is 6.03. The average molecular weight is 273 g/mol. The van der Waals surface area contributed by atoms with E-state index in [-0.39, 0.29) is 17.6 Å². The van der Waals surface area contributed by atoms with Gasteiger partial charge in [0.15, 0.2) is 5.78 Å². The SMILES string of the molecule is Cc1ccc(C(C(=O)CCl)c2ccc(C)cc2)cc1. The molecule has 0 heterocycles. The molecule has 0 N–H and O–H groups in total. The van der Waals surface area contributed by atoms with Gasteiger partial charge in [0.1, 0.15) is 0 Å². The van der Waals surface area contributed by atoms with Crippen molar-refractivity contribution >= 4 is 17.4 Å². The summed E-state index contributed by atoms with van der Waals surface area (Å²) in [6.07, 6.45) is 0. The van der Waals surface area contributed by atoms with Crippen LogP contribution >= 0.6 is 11.6 Å². The maximum Gasteiger partial charge on any atom is 0.159 e. The molecule has 0 aliphatic rings. The maximum atomic E-state index is 12.2. The molecule has 0 saturated carbocycles. The Morgan fingerprint density at radius 1 is 0.895 bits per heavy atom. The second-order valence-corrected chi connectivity index (χ2v) is 5.12. The normalized spacial score (nSPS) is 10.7. The molecule has 0 bridgehead atoms. The van der Waals surface area contributed by atoms with E-state index in [9.17, 15) is 4.79 Å². The number of rotatable bonds is 4. The summed E-state index contributed by atoms with van der Waals surface area (Å²) in [6, 6.07) is 16.1. The smallest absolute Gasteiger partial charge is 0.159 e. The highest BCUT2D eigenvalue weighted by molar-refractivity contribution is 6.28. The Morgan fingerprint density at radius 3 is 1.58 bits per heavy atom. The van der Waals surface area contributed by atoms with Gasteiger partial charge in [0.25, 0.3) is 0 Å². The fraction of sp³-hybridized carbons (Fsp3) is 0.235. The standard InChI is InChI=1S/C17H17ClO/c1-12-3-7-14(8-4-12)17(16(19)11-18)15-9-5-13(2)6-10-15/h3-10,17H,11H2,1-2H3. The molecule has 0 spiro atoms. The molecule has 2 aromatic rings. The molecule has 2 rings (SSSR count). The number of ketones is 1. The van der Waals surface area contributed by atoms with Crippen LogP contribution in [0.2, 0.25) is 0 Å². The summed E-state index contributed by atoms with van der Waals surface area (Å²) in [6.45, 7) is 4.07. The molecule has 98 valence electrons. The van der Waals surface area contributed by atoms with Crippen LogP contribution in [0.4, 0.5) is 0 Å². The van der Waals surface area contributed by atoms with Crippen molar-refractivity contribution in [3.05, 3.63) is 70.8 Å². The minimum absolute atomic E-state index is 0.0341. The van der Waals surface area contributed by atoms with Gasteiger partial charge in [-0.15, -0.1) is 11.6 Å². The third-order valence-electron chi connectivity index (χ3n) is 3.28. The number of benzene rings is 2. The van der Waals surface area contributed by atoms with E-state index in [1.165, 1.54) is 11.1 Å². The number of aryl methyl sites for hydroxylation is 2. The lowest BCUT2D eigenvalue weighted by atomic mass is 9.87. The van der Waals surface area contributed by atoms with Gasteiger partial charge in [0.2, 0.25) is 0 Å². The van der Waals surface area contributed by atoms with Gasteiger partial charge in [-0.3, -0.25) is 4.79 Å². The average Bonchev–Trinajstić information content (AvgIpc) is 2.43. The van der Waals surface area contributed by atoms with Crippen molar-refractivity contribution in [3.63, 3.8) is 0 Å². The van der Waals surface area contributed by atoms with Gasteiger partial charge >= 0.3 is 0 Å². The van der Waals surface area contributed by atoms with E-state index in [1.807, 2.05) is 62.4 Å². The lowest BCUT2D eigenvalue weighted by Crippen LogP contribution is -2.15. The van der Waals surface area contributed by atoms with Crippen molar-refractivity contribution in [2.45, 2.75) is 19.8 Å². The van der Waals surface area contributed by atoms with Crippen LogP contribution in [0.3, 0.4) is 0 Å². The zero-order valence-electron chi connectivity index (χ0n) is 11.2. The first-order valence-corrected chi connectivity index (χ1v) is 6.87. The Labute approximate surface area is 119 Å². The van der Waals surface area contributed by atoms with Gasteiger partial charge in [-0.05, 0) is 25.0 Å². The monoisotopic (exact) mass is 272 g/mol. The molecule has 2 heteroatoms. The number of carbonyl (C=O) groups excluding carboxylic acids is 1. The molecule has 0 saturated heterocycles. The minimum atomic E-state index is -0.265. The molecule has 1 nitrogen and oxygen atoms in total. The number of Topliss-reactive ketones (excluding diaryl/α,β-unsaturated/α-hetero) is 1. The van der Waals surface area contributed by atoms with Crippen LogP contribution in [0.5, 0.6) is 0 Å². The molecular weight excluding hydrogens is 256 g/mol. The largest absolute Gasteiger partial charge is 0.297 e. The van der Waals surface area contributed by atoms with Crippen LogP contribution in [0.1, 0.15) is 28.2 Å². The van der Waals surface area contributed by atoms with Crippen molar-refractivity contribution in [3.8, 4) is 0 Å². The highest BCUT2D eigenvalue weighted by atomic mass is 35.5. The zero-order chi connectivity index (χ0) is 13.8. The van der Waals surface area contributed by atoms with Crippen LogP contribution in [0.15, 0.2) is 48.5 Å². The first kappa shape index (κ1) is 13.8. The van der Waals surface area contributed by atoms with Gasteiger partial charge in [0, 0.05) is 0 Å². The van der Waals surface area contributed by atoms with Gasteiger partial charge in [-0.1, -0.05) is 59.7 Å². The quantitative estimate of drug-likeness (QED) is 0.761. The lowest BCUT2D eigenvalue weighted by molar-refractivity contribution is -0.117. The molecule has 0 aliphatic heterocycles. The van der Waals surface area contributed by atoms with Gasteiger partial charge in [0.05, 0.1) is 11.8 Å². The van der Waals surface area contributed by atoms with E-state index in [1.54, 1.807) is 0 Å². The summed E-state index contributed by atoms with van der Waals surface area (Å²) < 4.78 is 0. The highest BCUT2D eigenvalue weighted by Crippen LogP contribution is 2.26. The molecule has 0 radical (unpaired) electrons. The minimum Gasteiger partial charge on any atom is -0.297 e. The van der Waals surface area contributed by atoms with E-state index in [2.05, 4.69) is 0 Å². The Hall–Kier alpha value is -1.60. The summed E-state index contributed by atoms with van der Waals surface area (Å²) >= 11 is 5.76. The Bertz CT molecular complexity index is 509. The second-order valence-electron chi connectivity index (χ2n) is 4.85. The third kappa shape index (κ3) is 3.24. The van der Waals surface area contributed by atoms with Crippen LogP contribution in [-0.4, -0.2) is 11.7 Å². The van der Waals surface area contributed by atoms with Crippen LogP contribution in [-0.2, 0) is 4.79 Å². The van der Waals surface area contributed by atoms with Crippen LogP contribution in [0, 0.1) is 13.8 Å². The number of hydrogen-bond acceptors (Lipinski definition) is 1. The molecular formula is C17H17ClO. The Balaban J connectivity index is 2.44. The summed E-state index contributed by atoms with van der Waals surface area (Å²) in [5.41, 5.74) is 4.37. The summed E-state index contributed by atoms with van der Waals surface area (Å²) in [7, 11) is 0. The molecule has 0 aliphatic carbocycles. The maximum absolute atomic E-state index is 12.2. The summed E-state index contributed by atoms with van der Waals surface area (Å²) in [4.78, 5) is 12.2. The van der Waals surface area contributed by atoms with E-state index >= 15 is 0 Å². The molecule has 0 aromatic heterocycles. The fourth-order valence-corrected chi connectivity index (χ4v) is 2.31. The van der Waals surface area contributed by atoms with Crippen LogP contribution in [0.25, 0.3) is 0 Å². The molecule has 19 heavy (non-hydrogen) atoms. The summed E-state index contributed by atoms with van der Waals surface area (Å²) in [5, 5.41) is 0. The number of halogens is 1. The first-order valence-electron chi connectivity index (χ1n) is 6.33. The zero-order valence-corrected chi connectivity index (χ0v) is 11.9. The highest BCUT2D eigenvalue weighted by Gasteiger charge is 2.21. The van der Waals surface area contributed by atoms with E-state index in [0.717, 1.165) is 11.1 Å². The van der Waals surface area contributed by atoms with Gasteiger partial charge < -0.3 is 0 Å². The first-order chi connectivity index (χ1) is 9.11. The molecule has 0 unspecified atom stereocenters. The Kier molecular flexibility index (Phi) is 4.39. The van der Waals surface area contributed by atoms with E-state index in [4.69, 9.17) is 11.6 Å². The van der Waals surface area contributed by atoms with E-state index < -0.39 is 0 Å². The predicted molar refractivity (Wildman–Crippen MR) is 79.9 cm³/mol. The fourth-order valence-electron chi connectivity index (χ4n) is 2.16. The van der Waals surface area contributed by atoms with Gasteiger partial charge in [-0.25, -0.2) is 0 Å². The van der Waals surface area contributed by atoms with E-state index in [0.29, 0.717) is 0 Å². The lowest BCUT2D eigenvalue weighted by Gasteiger charge is -2.16.